The lowest BCUT2D eigenvalue weighted by atomic mass is 9.83. The van der Waals surface area contributed by atoms with E-state index in [2.05, 4.69) is 32.6 Å². The maximum Gasteiger partial charge on any atom is 0.178 e. The largest absolute Gasteiger partial charge is 0.365 e. The highest BCUT2D eigenvalue weighted by atomic mass is 16.7. The van der Waals surface area contributed by atoms with Gasteiger partial charge in [0.25, 0.3) is 0 Å². The van der Waals surface area contributed by atoms with Gasteiger partial charge in [0.05, 0.1) is 12.7 Å². The molecule has 0 aromatic carbocycles. The van der Waals surface area contributed by atoms with E-state index in [4.69, 9.17) is 9.47 Å². The molecule has 3 aliphatic rings. The predicted molar refractivity (Wildman–Crippen MR) is 68.2 cm³/mol. The minimum absolute atomic E-state index is 0.0268. The van der Waals surface area contributed by atoms with E-state index in [1.165, 1.54) is 0 Å². The summed E-state index contributed by atoms with van der Waals surface area (Å²) in [6.45, 7) is 8.88. The van der Waals surface area contributed by atoms with Crippen LogP contribution in [0.3, 0.4) is 0 Å². The molecule has 0 saturated carbocycles. The van der Waals surface area contributed by atoms with E-state index in [1.54, 1.807) is 0 Å². The Morgan fingerprint density at radius 3 is 2.78 bits per heavy atom. The third-order valence-electron chi connectivity index (χ3n) is 4.29. The summed E-state index contributed by atoms with van der Waals surface area (Å²) in [4.78, 5) is 12.4. The van der Waals surface area contributed by atoms with E-state index in [0.717, 1.165) is 12.0 Å². The molecule has 0 amide bonds. The summed E-state index contributed by atoms with van der Waals surface area (Å²) in [5.74, 6) is 0.931. The van der Waals surface area contributed by atoms with E-state index >= 15 is 0 Å². The normalized spacial score (nSPS) is 44.9. The van der Waals surface area contributed by atoms with Crippen LogP contribution in [0.4, 0.5) is 0 Å². The Labute approximate surface area is 108 Å². The van der Waals surface area contributed by atoms with Crippen molar-refractivity contribution >= 4 is 5.78 Å². The molecule has 0 bridgehead atoms. The second-order valence-electron chi connectivity index (χ2n) is 6.03. The fourth-order valence-electron chi connectivity index (χ4n) is 2.77. The molecule has 0 aromatic heterocycles. The van der Waals surface area contributed by atoms with Gasteiger partial charge in [-0.3, -0.25) is 4.79 Å². The molecule has 0 radical (unpaired) electrons. The lowest BCUT2D eigenvalue weighted by molar-refractivity contribution is -0.125. The second-order valence-corrected chi connectivity index (χ2v) is 6.03. The first-order valence-electron chi connectivity index (χ1n) is 6.71. The highest BCUT2D eigenvalue weighted by Crippen LogP contribution is 2.48. The molecule has 98 valence electrons. The lowest BCUT2D eigenvalue weighted by Crippen LogP contribution is -2.34. The number of epoxide rings is 2. The summed E-state index contributed by atoms with van der Waals surface area (Å²) < 4.78 is 11.1. The number of carbonyl (C=O) groups excluding carboxylic acids is 1. The van der Waals surface area contributed by atoms with Crippen LogP contribution in [-0.2, 0) is 14.3 Å². The molecule has 3 heteroatoms. The van der Waals surface area contributed by atoms with Gasteiger partial charge in [-0.05, 0) is 11.8 Å². The number of hydrogen-bond donors (Lipinski definition) is 0. The Hall–Kier alpha value is -0.930. The smallest absolute Gasteiger partial charge is 0.178 e. The van der Waals surface area contributed by atoms with Crippen molar-refractivity contribution in [3.05, 3.63) is 24.3 Å². The van der Waals surface area contributed by atoms with Crippen LogP contribution in [0.15, 0.2) is 24.3 Å². The molecular formula is C15H20O3. The standard InChI is InChI=1S/C15H20O3/c1-9(2)11-5-4-10(3)6-12-14(18-12)15(8-17-15)13(16)7-11/h4-5,9,11-12,14H,3,6-8H2,1-2H3/b5-4+/t11?,12-,14-,15+/m1/s1. The molecule has 1 aliphatic carbocycles. The maximum atomic E-state index is 12.4. The van der Waals surface area contributed by atoms with Crippen molar-refractivity contribution in [2.24, 2.45) is 11.8 Å². The minimum atomic E-state index is -0.608. The number of rotatable bonds is 1. The van der Waals surface area contributed by atoms with Gasteiger partial charge in [-0.1, -0.05) is 38.2 Å². The maximum absolute atomic E-state index is 12.4. The third kappa shape index (κ3) is 1.95. The number of hydrogen-bond acceptors (Lipinski definition) is 3. The van der Waals surface area contributed by atoms with E-state index in [0.29, 0.717) is 18.9 Å². The number of carbonyl (C=O) groups is 1. The van der Waals surface area contributed by atoms with Crippen LogP contribution in [0, 0.1) is 11.8 Å². The average molecular weight is 248 g/mol. The van der Waals surface area contributed by atoms with Crippen LogP contribution in [0.5, 0.6) is 0 Å². The fraction of sp³-hybridized carbons (Fsp3) is 0.667. The van der Waals surface area contributed by atoms with Crippen molar-refractivity contribution in [2.45, 2.75) is 44.5 Å². The number of allylic oxidation sites excluding steroid dienone is 2. The highest BCUT2D eigenvalue weighted by Gasteiger charge is 2.67. The molecule has 1 spiro atoms. The van der Waals surface area contributed by atoms with Gasteiger partial charge in [-0.25, -0.2) is 0 Å². The Morgan fingerprint density at radius 2 is 2.17 bits per heavy atom. The molecular weight excluding hydrogens is 228 g/mol. The molecule has 0 N–H and O–H groups in total. The first-order valence-corrected chi connectivity index (χ1v) is 6.71. The molecule has 2 aliphatic heterocycles. The predicted octanol–water partition coefficient (Wildman–Crippen LogP) is 2.27. The van der Waals surface area contributed by atoms with E-state index in [1.807, 2.05) is 0 Å². The number of fused-ring (bicyclic) bond motifs is 2. The highest BCUT2D eigenvalue weighted by molar-refractivity contribution is 5.91. The van der Waals surface area contributed by atoms with Gasteiger partial charge in [0, 0.05) is 12.8 Å². The zero-order valence-corrected chi connectivity index (χ0v) is 11.0. The monoisotopic (exact) mass is 248 g/mol. The van der Waals surface area contributed by atoms with E-state index in [9.17, 15) is 4.79 Å². The van der Waals surface area contributed by atoms with Crippen LogP contribution in [0.1, 0.15) is 26.7 Å². The van der Waals surface area contributed by atoms with Gasteiger partial charge in [0.15, 0.2) is 11.4 Å². The zero-order chi connectivity index (χ0) is 12.9. The first kappa shape index (κ1) is 12.1. The molecule has 2 heterocycles. The van der Waals surface area contributed by atoms with Crippen molar-refractivity contribution in [1.82, 2.24) is 0 Å². The minimum Gasteiger partial charge on any atom is -0.365 e. The van der Waals surface area contributed by atoms with Crippen LogP contribution < -0.4 is 0 Å². The van der Waals surface area contributed by atoms with Crippen molar-refractivity contribution in [3.8, 4) is 0 Å². The van der Waals surface area contributed by atoms with Crippen molar-refractivity contribution < 1.29 is 14.3 Å². The van der Waals surface area contributed by atoms with Crippen LogP contribution in [0.25, 0.3) is 0 Å². The van der Waals surface area contributed by atoms with Gasteiger partial charge in [0.2, 0.25) is 0 Å². The Kier molecular flexibility index (Phi) is 2.72. The number of ether oxygens (including phenoxy) is 2. The summed E-state index contributed by atoms with van der Waals surface area (Å²) in [6, 6.07) is 0. The molecule has 2 saturated heterocycles. The van der Waals surface area contributed by atoms with Gasteiger partial charge >= 0.3 is 0 Å². The fourth-order valence-corrected chi connectivity index (χ4v) is 2.77. The van der Waals surface area contributed by atoms with Gasteiger partial charge in [0.1, 0.15) is 6.10 Å². The zero-order valence-electron chi connectivity index (χ0n) is 11.0. The topological polar surface area (TPSA) is 42.1 Å². The molecule has 2 fully saturated rings. The third-order valence-corrected chi connectivity index (χ3v) is 4.29. The summed E-state index contributed by atoms with van der Waals surface area (Å²) in [5.41, 5.74) is 0.474. The van der Waals surface area contributed by atoms with Crippen LogP contribution in [-0.4, -0.2) is 30.2 Å². The van der Waals surface area contributed by atoms with Gasteiger partial charge in [-0.15, -0.1) is 0 Å². The quantitative estimate of drug-likeness (QED) is 0.668. The van der Waals surface area contributed by atoms with Gasteiger partial charge in [-0.2, -0.15) is 0 Å². The molecule has 4 atom stereocenters. The number of Topliss-reactive ketones (excluding diaryl/α,β-unsaturated/α-hetero) is 1. The molecule has 1 unspecified atom stereocenters. The van der Waals surface area contributed by atoms with Crippen LogP contribution >= 0.6 is 0 Å². The summed E-state index contributed by atoms with van der Waals surface area (Å²) >= 11 is 0. The SMILES string of the molecule is C=C1/C=C/C(C(C)C)CC(=O)[C@@]2(CO2)[C@@H]2O[C@@H]2C1. The van der Waals surface area contributed by atoms with Crippen molar-refractivity contribution in [3.63, 3.8) is 0 Å². The van der Waals surface area contributed by atoms with Crippen molar-refractivity contribution in [1.29, 1.82) is 0 Å². The first-order chi connectivity index (χ1) is 8.53. The molecule has 3 rings (SSSR count). The van der Waals surface area contributed by atoms with Crippen molar-refractivity contribution in [2.75, 3.05) is 6.61 Å². The average Bonchev–Trinajstić information content (AvgIpc) is 3.15. The van der Waals surface area contributed by atoms with E-state index in [-0.39, 0.29) is 23.9 Å². The Bertz CT molecular complexity index is 417. The van der Waals surface area contributed by atoms with Crippen LogP contribution in [0.2, 0.25) is 0 Å². The summed E-state index contributed by atoms with van der Waals surface area (Å²) in [5, 5.41) is 0. The van der Waals surface area contributed by atoms with E-state index < -0.39 is 5.60 Å². The lowest BCUT2D eigenvalue weighted by Gasteiger charge is -2.19. The summed E-state index contributed by atoms with van der Waals surface area (Å²) in [6.07, 6.45) is 5.65. The second kappa shape index (κ2) is 4.04. The molecule has 3 nitrogen and oxygen atoms in total. The van der Waals surface area contributed by atoms with Gasteiger partial charge < -0.3 is 9.47 Å². The Balaban J connectivity index is 1.85. The number of ketones is 1. The molecule has 18 heavy (non-hydrogen) atoms. The molecule has 0 aromatic rings. The Morgan fingerprint density at radius 1 is 1.44 bits per heavy atom. The summed E-state index contributed by atoms with van der Waals surface area (Å²) in [7, 11) is 0.